The fourth-order valence-electron chi connectivity index (χ4n) is 5.18. The van der Waals surface area contributed by atoms with Crippen molar-refractivity contribution in [2.24, 2.45) is 5.92 Å². The number of ether oxygens (including phenoxy) is 1. The smallest absolute Gasteiger partial charge is 0.236 e. The molecule has 1 unspecified atom stereocenters. The van der Waals surface area contributed by atoms with Gasteiger partial charge in [0.25, 0.3) is 0 Å². The monoisotopic (exact) mass is 385 g/mol. The first-order valence-corrected chi connectivity index (χ1v) is 11.0. The lowest BCUT2D eigenvalue weighted by molar-refractivity contribution is -0.135. The van der Waals surface area contributed by atoms with Gasteiger partial charge in [-0.3, -0.25) is 9.69 Å². The zero-order chi connectivity index (χ0) is 19.6. The molecule has 1 N–H and O–H groups in total. The van der Waals surface area contributed by atoms with E-state index >= 15 is 0 Å². The van der Waals surface area contributed by atoms with Crippen molar-refractivity contribution >= 4 is 5.91 Å². The van der Waals surface area contributed by atoms with Crippen LogP contribution in [-0.4, -0.2) is 60.6 Å². The molecule has 1 aliphatic carbocycles. The standard InChI is InChI=1S/C23H35N3O2/c1-18-6-5-13-26(15-18)16-22(27)25(2)20-9-11-23(12-10-20)17-24-14-19-7-3-4-8-21(19)28-23/h3-4,7-8,18,20,24H,5-6,9-17H2,1-2H3. The summed E-state index contributed by atoms with van der Waals surface area (Å²) in [5, 5.41) is 3.58. The van der Waals surface area contributed by atoms with Gasteiger partial charge >= 0.3 is 0 Å². The van der Waals surface area contributed by atoms with E-state index in [1.54, 1.807) is 0 Å². The number of carbonyl (C=O) groups excluding carboxylic acids is 1. The van der Waals surface area contributed by atoms with Gasteiger partial charge in [0.15, 0.2) is 0 Å². The summed E-state index contributed by atoms with van der Waals surface area (Å²) >= 11 is 0. The molecule has 2 fully saturated rings. The molecule has 1 saturated heterocycles. The molecule has 0 radical (unpaired) electrons. The van der Waals surface area contributed by atoms with E-state index in [0.29, 0.717) is 18.5 Å². The van der Waals surface area contributed by atoms with Gasteiger partial charge < -0.3 is 15.0 Å². The van der Waals surface area contributed by atoms with Crippen molar-refractivity contribution in [1.29, 1.82) is 0 Å². The molecule has 2 heterocycles. The van der Waals surface area contributed by atoms with Crippen molar-refractivity contribution < 1.29 is 9.53 Å². The van der Waals surface area contributed by atoms with Crippen LogP contribution in [0.4, 0.5) is 0 Å². The molecule has 5 nitrogen and oxygen atoms in total. The van der Waals surface area contributed by atoms with Gasteiger partial charge in [0.05, 0.1) is 6.54 Å². The molecule has 1 spiro atoms. The van der Waals surface area contributed by atoms with Gasteiger partial charge in [-0.25, -0.2) is 0 Å². The van der Waals surface area contributed by atoms with Crippen molar-refractivity contribution in [3.05, 3.63) is 29.8 Å². The summed E-state index contributed by atoms with van der Waals surface area (Å²) in [4.78, 5) is 17.2. The van der Waals surface area contributed by atoms with E-state index in [2.05, 4.69) is 41.4 Å². The van der Waals surface area contributed by atoms with Crippen molar-refractivity contribution in [2.45, 2.75) is 63.6 Å². The Morgan fingerprint density at radius 2 is 2.07 bits per heavy atom. The average Bonchev–Trinajstić information content (AvgIpc) is 2.87. The molecule has 154 valence electrons. The number of fused-ring (bicyclic) bond motifs is 1. The Bertz CT molecular complexity index is 684. The maximum absolute atomic E-state index is 12.8. The highest BCUT2D eigenvalue weighted by atomic mass is 16.5. The molecule has 1 atom stereocenters. The Morgan fingerprint density at radius 3 is 2.86 bits per heavy atom. The molecular weight excluding hydrogens is 350 g/mol. The van der Waals surface area contributed by atoms with E-state index in [1.807, 2.05) is 11.9 Å². The fraction of sp³-hybridized carbons (Fsp3) is 0.696. The lowest BCUT2D eigenvalue weighted by Crippen LogP contribution is -2.52. The number of amides is 1. The molecule has 1 saturated carbocycles. The van der Waals surface area contributed by atoms with Crippen LogP contribution in [0.1, 0.15) is 51.0 Å². The summed E-state index contributed by atoms with van der Waals surface area (Å²) in [6, 6.07) is 8.69. The van der Waals surface area contributed by atoms with E-state index in [9.17, 15) is 4.79 Å². The number of carbonyl (C=O) groups is 1. The van der Waals surface area contributed by atoms with E-state index in [4.69, 9.17) is 4.74 Å². The highest BCUT2D eigenvalue weighted by molar-refractivity contribution is 5.78. The van der Waals surface area contributed by atoms with E-state index in [1.165, 1.54) is 18.4 Å². The zero-order valence-corrected chi connectivity index (χ0v) is 17.5. The van der Waals surface area contributed by atoms with Crippen LogP contribution in [0.5, 0.6) is 5.75 Å². The van der Waals surface area contributed by atoms with Crippen LogP contribution >= 0.6 is 0 Å². The third-order valence-corrected chi connectivity index (χ3v) is 6.97. The van der Waals surface area contributed by atoms with Crippen molar-refractivity contribution in [3.63, 3.8) is 0 Å². The Balaban J connectivity index is 1.32. The van der Waals surface area contributed by atoms with Crippen LogP contribution in [0.2, 0.25) is 0 Å². The third-order valence-electron chi connectivity index (χ3n) is 6.97. The number of nitrogens with one attached hydrogen (secondary N) is 1. The van der Waals surface area contributed by atoms with Crippen LogP contribution in [0.15, 0.2) is 24.3 Å². The normalized spacial score (nSPS) is 30.9. The molecule has 1 amide bonds. The molecule has 1 aromatic carbocycles. The largest absolute Gasteiger partial charge is 0.486 e. The number of benzene rings is 1. The van der Waals surface area contributed by atoms with Crippen LogP contribution < -0.4 is 10.1 Å². The summed E-state index contributed by atoms with van der Waals surface area (Å²) in [5.74, 6) is 2.01. The van der Waals surface area contributed by atoms with E-state index < -0.39 is 0 Å². The van der Waals surface area contributed by atoms with E-state index in [-0.39, 0.29) is 11.5 Å². The average molecular weight is 386 g/mol. The predicted molar refractivity (Wildman–Crippen MR) is 111 cm³/mol. The lowest BCUT2D eigenvalue weighted by Gasteiger charge is -2.42. The Morgan fingerprint density at radius 1 is 1.29 bits per heavy atom. The Hall–Kier alpha value is -1.59. The molecule has 2 aliphatic heterocycles. The van der Waals surface area contributed by atoms with Gasteiger partial charge in [0, 0.05) is 38.3 Å². The minimum absolute atomic E-state index is 0.130. The molecular formula is C23H35N3O2. The number of rotatable bonds is 3. The summed E-state index contributed by atoms with van der Waals surface area (Å²) in [6.45, 7) is 6.75. The quantitative estimate of drug-likeness (QED) is 0.869. The molecule has 28 heavy (non-hydrogen) atoms. The van der Waals surface area contributed by atoms with Gasteiger partial charge in [-0.1, -0.05) is 25.1 Å². The zero-order valence-electron chi connectivity index (χ0n) is 17.5. The third kappa shape index (κ3) is 4.36. The SMILES string of the molecule is CC1CCCN(CC(=O)N(C)C2CCC3(CC2)CNCc2ccccc2O3)C1. The van der Waals surface area contributed by atoms with Crippen LogP contribution in [-0.2, 0) is 11.3 Å². The number of nitrogens with zero attached hydrogens (tertiary/aromatic N) is 2. The second kappa shape index (κ2) is 8.42. The summed E-state index contributed by atoms with van der Waals surface area (Å²) < 4.78 is 6.53. The second-order valence-corrected chi connectivity index (χ2v) is 9.21. The van der Waals surface area contributed by atoms with Gasteiger partial charge in [0.2, 0.25) is 5.91 Å². The van der Waals surface area contributed by atoms with Gasteiger partial charge in [0.1, 0.15) is 11.4 Å². The molecule has 0 aromatic heterocycles. The topological polar surface area (TPSA) is 44.8 Å². The number of hydrogen-bond acceptors (Lipinski definition) is 4. The molecule has 5 heteroatoms. The number of piperidine rings is 1. The van der Waals surface area contributed by atoms with Gasteiger partial charge in [-0.2, -0.15) is 0 Å². The fourth-order valence-corrected chi connectivity index (χ4v) is 5.18. The first kappa shape index (κ1) is 19.7. The second-order valence-electron chi connectivity index (χ2n) is 9.21. The minimum atomic E-state index is -0.130. The van der Waals surface area contributed by atoms with Gasteiger partial charge in [-0.15, -0.1) is 0 Å². The predicted octanol–water partition coefficient (Wildman–Crippen LogP) is 3.04. The number of likely N-dealkylation sites (tertiary alicyclic amines) is 1. The van der Waals surface area contributed by atoms with Crippen LogP contribution in [0.3, 0.4) is 0 Å². The molecule has 1 aromatic rings. The highest BCUT2D eigenvalue weighted by Crippen LogP contribution is 2.37. The molecule has 4 rings (SSSR count). The van der Waals surface area contributed by atoms with Crippen LogP contribution in [0.25, 0.3) is 0 Å². The van der Waals surface area contributed by atoms with Crippen molar-refractivity contribution in [3.8, 4) is 5.75 Å². The number of likely N-dealkylation sites (N-methyl/N-ethyl adjacent to an activating group) is 1. The summed E-state index contributed by atoms with van der Waals surface area (Å²) in [6.07, 6.45) is 6.54. The highest BCUT2D eigenvalue weighted by Gasteiger charge is 2.40. The maximum Gasteiger partial charge on any atom is 0.236 e. The molecule has 0 bridgehead atoms. The van der Waals surface area contributed by atoms with E-state index in [0.717, 1.165) is 57.6 Å². The number of hydrogen-bond donors (Lipinski definition) is 1. The lowest BCUT2D eigenvalue weighted by atomic mass is 9.81. The molecule has 3 aliphatic rings. The summed E-state index contributed by atoms with van der Waals surface area (Å²) in [7, 11) is 2.00. The van der Waals surface area contributed by atoms with Crippen molar-refractivity contribution in [1.82, 2.24) is 15.1 Å². The minimum Gasteiger partial charge on any atom is -0.486 e. The Kier molecular flexibility index (Phi) is 5.93. The first-order valence-electron chi connectivity index (χ1n) is 11.0. The first-order chi connectivity index (χ1) is 13.5. The van der Waals surface area contributed by atoms with Crippen LogP contribution in [0, 0.1) is 5.92 Å². The maximum atomic E-state index is 12.8. The van der Waals surface area contributed by atoms with Gasteiger partial charge in [-0.05, 0) is 57.1 Å². The van der Waals surface area contributed by atoms with Crippen molar-refractivity contribution in [2.75, 3.05) is 33.2 Å². The Labute approximate surface area is 169 Å². The number of para-hydroxylation sites is 1. The summed E-state index contributed by atoms with van der Waals surface area (Å²) in [5.41, 5.74) is 1.11.